The van der Waals surface area contributed by atoms with Crippen LogP contribution in [0.5, 0.6) is 0 Å². The van der Waals surface area contributed by atoms with Gasteiger partial charge in [0.2, 0.25) is 5.91 Å². The summed E-state index contributed by atoms with van der Waals surface area (Å²) in [7, 11) is 0. The van der Waals surface area contributed by atoms with Crippen LogP contribution >= 0.6 is 23.1 Å². The Bertz CT molecular complexity index is 1210. The van der Waals surface area contributed by atoms with Crippen LogP contribution in [-0.4, -0.2) is 16.8 Å². The van der Waals surface area contributed by atoms with Crippen LogP contribution in [0, 0.1) is 6.92 Å². The normalized spacial score (nSPS) is 10.9. The van der Waals surface area contributed by atoms with Gasteiger partial charge in [0.05, 0.1) is 0 Å². The largest absolute Gasteiger partial charge is 0.451 e. The van der Waals surface area contributed by atoms with Crippen molar-refractivity contribution >= 4 is 51.6 Å². The number of carbonyl (C=O) groups excluding carboxylic acids is 2. The van der Waals surface area contributed by atoms with Gasteiger partial charge in [-0.3, -0.25) is 9.59 Å². The average Bonchev–Trinajstić information content (AvgIpc) is 3.29. The second kappa shape index (κ2) is 8.10. The number of nitrogens with one attached hydrogen (secondary N) is 1. The zero-order valence-electron chi connectivity index (χ0n) is 15.5. The number of nitrogens with zero attached hydrogens (tertiary/aromatic N) is 1. The third-order valence-electron chi connectivity index (χ3n) is 4.25. The Kier molecular flexibility index (Phi) is 5.37. The molecule has 0 aliphatic rings. The zero-order valence-corrected chi connectivity index (χ0v) is 17.1. The van der Waals surface area contributed by atoms with Crippen LogP contribution in [0.2, 0.25) is 0 Å². The van der Waals surface area contributed by atoms with Crippen molar-refractivity contribution in [2.45, 2.75) is 17.0 Å². The Hall–Kier alpha value is -3.10. The van der Waals surface area contributed by atoms with Gasteiger partial charge in [0.15, 0.2) is 5.76 Å². The van der Waals surface area contributed by atoms with Gasteiger partial charge in [0.1, 0.15) is 9.92 Å². The Balaban J connectivity index is 1.64. The maximum atomic E-state index is 13.0. The fourth-order valence-corrected chi connectivity index (χ4v) is 4.77. The molecule has 2 aromatic carbocycles. The Labute approximate surface area is 175 Å². The minimum absolute atomic E-state index is 0.247. The molecule has 3 N–H and O–H groups in total. The summed E-state index contributed by atoms with van der Waals surface area (Å²) in [6.07, 6.45) is 0. The van der Waals surface area contributed by atoms with Crippen molar-refractivity contribution in [1.29, 1.82) is 0 Å². The lowest BCUT2D eigenvalue weighted by Crippen LogP contribution is -2.15. The fraction of sp³-hybridized carbons (Fsp3) is 0.0952. The van der Waals surface area contributed by atoms with Gasteiger partial charge in [-0.05, 0) is 31.2 Å². The number of fused-ring (bicyclic) bond motifs is 1. The molecule has 0 aliphatic heterocycles. The van der Waals surface area contributed by atoms with Crippen LogP contribution in [0.1, 0.15) is 32.2 Å². The minimum Gasteiger partial charge on any atom is -0.451 e. The first-order chi connectivity index (χ1) is 14.0. The van der Waals surface area contributed by atoms with Crippen molar-refractivity contribution in [2.24, 2.45) is 5.73 Å². The summed E-state index contributed by atoms with van der Waals surface area (Å²) in [5.74, 6) is -0.139. The summed E-state index contributed by atoms with van der Waals surface area (Å²) in [6.45, 7) is 1.95. The number of para-hydroxylation sites is 1. The number of hydrogen-bond donors (Lipinski definition) is 2. The molecule has 4 rings (SSSR count). The van der Waals surface area contributed by atoms with E-state index in [-0.39, 0.29) is 11.7 Å². The first kappa shape index (κ1) is 19.2. The molecule has 0 saturated carbocycles. The van der Waals surface area contributed by atoms with Crippen molar-refractivity contribution in [3.63, 3.8) is 0 Å². The summed E-state index contributed by atoms with van der Waals surface area (Å²) >= 11 is 3.14. The van der Waals surface area contributed by atoms with Crippen LogP contribution in [0.25, 0.3) is 11.0 Å². The number of furan rings is 1. The van der Waals surface area contributed by atoms with Gasteiger partial charge in [0.25, 0.3) is 5.91 Å². The third-order valence-corrected chi connectivity index (χ3v) is 6.41. The number of aromatic nitrogens is 1. The Morgan fingerprint density at radius 1 is 1.21 bits per heavy atom. The number of hydrogen-bond acceptors (Lipinski definition) is 6. The SMILES string of the molecule is Cc1csc(SCc2c(C(=O)Nc3cccc(C(N)=O)c3)oc3ccccc23)n1. The highest BCUT2D eigenvalue weighted by Crippen LogP contribution is 2.33. The maximum absolute atomic E-state index is 13.0. The van der Waals surface area contributed by atoms with Crippen molar-refractivity contribution < 1.29 is 14.0 Å². The van der Waals surface area contributed by atoms with Crippen LogP contribution in [-0.2, 0) is 5.75 Å². The van der Waals surface area contributed by atoms with Gasteiger partial charge >= 0.3 is 0 Å². The molecule has 6 nitrogen and oxygen atoms in total. The van der Waals surface area contributed by atoms with Gasteiger partial charge in [0, 0.05) is 39.0 Å². The smallest absolute Gasteiger partial charge is 0.291 e. The van der Waals surface area contributed by atoms with Crippen molar-refractivity contribution in [2.75, 3.05) is 5.32 Å². The van der Waals surface area contributed by atoms with E-state index in [1.807, 2.05) is 36.6 Å². The number of carbonyl (C=O) groups is 2. The molecule has 146 valence electrons. The highest BCUT2D eigenvalue weighted by Gasteiger charge is 2.21. The van der Waals surface area contributed by atoms with E-state index < -0.39 is 5.91 Å². The van der Waals surface area contributed by atoms with Crippen LogP contribution in [0.4, 0.5) is 5.69 Å². The number of thiazole rings is 1. The first-order valence-electron chi connectivity index (χ1n) is 8.78. The van der Waals surface area contributed by atoms with Gasteiger partial charge < -0.3 is 15.5 Å². The molecule has 2 aromatic heterocycles. The molecule has 8 heteroatoms. The van der Waals surface area contributed by atoms with Crippen molar-refractivity contribution in [3.8, 4) is 0 Å². The second-order valence-corrected chi connectivity index (χ2v) is 8.43. The predicted molar refractivity (Wildman–Crippen MR) is 116 cm³/mol. The van der Waals surface area contributed by atoms with Crippen molar-refractivity contribution in [3.05, 3.63) is 76.5 Å². The molecule has 0 atom stereocenters. The van der Waals surface area contributed by atoms with E-state index in [1.165, 1.54) is 6.07 Å². The van der Waals surface area contributed by atoms with Crippen molar-refractivity contribution in [1.82, 2.24) is 4.98 Å². The lowest BCUT2D eigenvalue weighted by molar-refractivity contribution is 0.0989. The second-order valence-electron chi connectivity index (χ2n) is 6.35. The van der Waals surface area contributed by atoms with E-state index in [0.717, 1.165) is 21.0 Å². The molecule has 4 aromatic rings. The maximum Gasteiger partial charge on any atom is 0.291 e. The molecular weight excluding hydrogens is 406 g/mol. The number of rotatable bonds is 6. The summed E-state index contributed by atoms with van der Waals surface area (Å²) < 4.78 is 6.81. The molecule has 0 fully saturated rings. The molecular formula is C21H17N3O3S2. The average molecular weight is 424 g/mol. The van der Waals surface area contributed by atoms with E-state index in [4.69, 9.17) is 10.2 Å². The lowest BCUT2D eigenvalue weighted by atomic mass is 10.1. The fourth-order valence-electron chi connectivity index (χ4n) is 2.90. The Morgan fingerprint density at radius 2 is 2.03 bits per heavy atom. The van der Waals surface area contributed by atoms with Crippen LogP contribution < -0.4 is 11.1 Å². The number of primary amides is 1. The third kappa shape index (κ3) is 4.18. The quantitative estimate of drug-likeness (QED) is 0.432. The highest BCUT2D eigenvalue weighted by molar-refractivity contribution is 8.00. The predicted octanol–water partition coefficient (Wildman–Crippen LogP) is 4.84. The summed E-state index contributed by atoms with van der Waals surface area (Å²) in [5, 5.41) is 5.68. The van der Waals surface area contributed by atoms with Gasteiger partial charge in [-0.1, -0.05) is 36.0 Å². The Morgan fingerprint density at radius 3 is 2.79 bits per heavy atom. The van der Waals surface area contributed by atoms with E-state index in [1.54, 1.807) is 41.3 Å². The molecule has 0 bridgehead atoms. The molecule has 2 heterocycles. The molecule has 2 amide bonds. The number of benzene rings is 2. The molecule has 0 radical (unpaired) electrons. The standard InChI is InChI=1S/C21H17N3O3S2/c1-12-10-28-21(23-12)29-11-16-15-7-2-3-8-17(15)27-18(16)20(26)24-14-6-4-5-13(9-14)19(22)25/h2-10H,11H2,1H3,(H2,22,25)(H,24,26). The van der Waals surface area contributed by atoms with Gasteiger partial charge in [-0.2, -0.15) is 0 Å². The highest BCUT2D eigenvalue weighted by atomic mass is 32.2. The van der Waals surface area contributed by atoms with E-state index in [2.05, 4.69) is 10.3 Å². The molecule has 29 heavy (non-hydrogen) atoms. The molecule has 0 saturated heterocycles. The molecule has 0 unspecified atom stereocenters. The monoisotopic (exact) mass is 423 g/mol. The van der Waals surface area contributed by atoms with E-state index in [9.17, 15) is 9.59 Å². The minimum atomic E-state index is -0.555. The van der Waals surface area contributed by atoms with E-state index >= 15 is 0 Å². The number of nitrogens with two attached hydrogens (primary N) is 1. The lowest BCUT2D eigenvalue weighted by Gasteiger charge is -2.06. The summed E-state index contributed by atoms with van der Waals surface area (Å²) in [6, 6.07) is 14.0. The molecule has 0 spiro atoms. The number of amides is 2. The topological polar surface area (TPSA) is 98.2 Å². The molecule has 0 aliphatic carbocycles. The number of aryl methyl sites for hydroxylation is 1. The number of anilines is 1. The number of thioether (sulfide) groups is 1. The van der Waals surface area contributed by atoms with Gasteiger partial charge in [-0.15, -0.1) is 11.3 Å². The van der Waals surface area contributed by atoms with Crippen LogP contribution in [0.15, 0.2) is 62.7 Å². The van der Waals surface area contributed by atoms with Gasteiger partial charge in [-0.25, -0.2) is 4.98 Å². The summed E-state index contributed by atoms with van der Waals surface area (Å²) in [5.41, 5.74) is 8.54. The summed E-state index contributed by atoms with van der Waals surface area (Å²) in [4.78, 5) is 28.8. The zero-order chi connectivity index (χ0) is 20.4. The van der Waals surface area contributed by atoms with E-state index in [0.29, 0.717) is 22.6 Å². The van der Waals surface area contributed by atoms with Crippen LogP contribution in [0.3, 0.4) is 0 Å². The first-order valence-corrected chi connectivity index (χ1v) is 10.6.